The van der Waals surface area contributed by atoms with Gasteiger partial charge in [-0.1, -0.05) is 18.5 Å². The fraction of sp³-hybridized carbons (Fsp3) is 0.769. The topological polar surface area (TPSA) is 47.3 Å². The van der Waals surface area contributed by atoms with Crippen molar-refractivity contribution in [2.24, 2.45) is 7.05 Å². The monoisotopic (exact) mass is 274 g/mol. The Morgan fingerprint density at radius 1 is 1.39 bits per heavy atom. The van der Waals surface area contributed by atoms with Gasteiger partial charge in [-0.3, -0.25) is 4.68 Å². The highest BCUT2D eigenvalue weighted by Crippen LogP contribution is 2.32. The molecule has 0 spiro atoms. The third kappa shape index (κ3) is 2.71. The van der Waals surface area contributed by atoms with E-state index >= 15 is 0 Å². The summed E-state index contributed by atoms with van der Waals surface area (Å²) in [5.41, 5.74) is 0.0146. The first kappa shape index (κ1) is 15.5. The van der Waals surface area contributed by atoms with Crippen LogP contribution < -0.4 is 0 Å². The molecule has 0 saturated heterocycles. The van der Waals surface area contributed by atoms with E-state index in [0.717, 1.165) is 17.8 Å². The van der Waals surface area contributed by atoms with Gasteiger partial charge in [0.15, 0.2) is 0 Å². The average Bonchev–Trinajstić information content (AvgIpc) is 2.55. The summed E-state index contributed by atoms with van der Waals surface area (Å²) in [4.78, 5) is 0. The largest absolute Gasteiger partial charge is 0.387 e. The van der Waals surface area contributed by atoms with Crippen LogP contribution in [0, 0.1) is 0 Å². The van der Waals surface area contributed by atoms with E-state index in [9.17, 15) is 5.11 Å². The first-order valence-corrected chi connectivity index (χ1v) is 6.52. The Kier molecular flexibility index (Phi) is 4.47. The number of rotatable bonds is 5. The van der Waals surface area contributed by atoms with Gasteiger partial charge in [-0.2, -0.15) is 5.10 Å². The summed E-state index contributed by atoms with van der Waals surface area (Å²) >= 11 is 6.29. The molecule has 1 unspecified atom stereocenters. The summed E-state index contributed by atoms with van der Waals surface area (Å²) in [5.74, 6) is 0. The van der Waals surface area contributed by atoms with Crippen LogP contribution in [0.15, 0.2) is 0 Å². The smallest absolute Gasteiger partial charge is 0.0958 e. The molecule has 1 aromatic rings. The molecule has 0 aliphatic carbocycles. The van der Waals surface area contributed by atoms with Gasteiger partial charge < -0.3 is 9.84 Å². The lowest BCUT2D eigenvalue weighted by Crippen LogP contribution is -2.50. The van der Waals surface area contributed by atoms with Gasteiger partial charge in [-0.25, -0.2) is 0 Å². The van der Waals surface area contributed by atoms with Crippen molar-refractivity contribution in [3.63, 3.8) is 0 Å². The Balaban J connectivity index is 3.08. The third-order valence-corrected chi connectivity index (χ3v) is 4.26. The standard InChI is InChI=1S/C13H23ClN2O2/c1-7-9-11(14)10(16(5)15-9)8-13(4,17)12(2,3)18-6/h17H,7-8H2,1-6H3. The SMILES string of the molecule is CCc1nn(C)c(CC(C)(O)C(C)(C)OC)c1Cl. The molecule has 1 aromatic heterocycles. The van der Waals surface area contributed by atoms with Crippen molar-refractivity contribution in [2.45, 2.75) is 51.7 Å². The van der Waals surface area contributed by atoms with E-state index in [-0.39, 0.29) is 0 Å². The van der Waals surface area contributed by atoms with Crippen LogP contribution in [0.25, 0.3) is 0 Å². The van der Waals surface area contributed by atoms with Crippen molar-refractivity contribution < 1.29 is 9.84 Å². The van der Waals surface area contributed by atoms with Crippen LogP contribution in [0.5, 0.6) is 0 Å². The van der Waals surface area contributed by atoms with Crippen molar-refractivity contribution in [2.75, 3.05) is 7.11 Å². The Hall–Kier alpha value is -0.580. The van der Waals surface area contributed by atoms with Crippen molar-refractivity contribution in [1.82, 2.24) is 9.78 Å². The quantitative estimate of drug-likeness (QED) is 0.897. The van der Waals surface area contributed by atoms with Crippen molar-refractivity contribution in [3.05, 3.63) is 16.4 Å². The highest BCUT2D eigenvalue weighted by molar-refractivity contribution is 6.31. The van der Waals surface area contributed by atoms with Gasteiger partial charge in [0.1, 0.15) is 0 Å². The number of aryl methyl sites for hydroxylation is 2. The van der Waals surface area contributed by atoms with E-state index in [1.54, 1.807) is 18.7 Å². The zero-order valence-electron chi connectivity index (χ0n) is 12.0. The number of methoxy groups -OCH3 is 1. The average molecular weight is 275 g/mol. The van der Waals surface area contributed by atoms with Crippen LogP contribution in [0.4, 0.5) is 0 Å². The lowest BCUT2D eigenvalue weighted by atomic mass is 9.83. The number of ether oxygens (including phenoxy) is 1. The number of aliphatic hydroxyl groups is 1. The number of nitrogens with zero attached hydrogens (tertiary/aromatic N) is 2. The minimum absolute atomic E-state index is 0.399. The van der Waals surface area contributed by atoms with Crippen molar-refractivity contribution in [1.29, 1.82) is 0 Å². The minimum Gasteiger partial charge on any atom is -0.387 e. The first-order chi connectivity index (χ1) is 8.16. The molecular weight excluding hydrogens is 252 g/mol. The van der Waals surface area contributed by atoms with E-state index in [1.165, 1.54) is 0 Å². The molecule has 1 N–H and O–H groups in total. The van der Waals surface area contributed by atoms with Crippen LogP contribution in [-0.2, 0) is 24.6 Å². The second-order valence-electron chi connectivity index (χ2n) is 5.35. The van der Waals surface area contributed by atoms with Gasteiger partial charge in [0, 0.05) is 20.6 Å². The van der Waals surface area contributed by atoms with Gasteiger partial charge in [0.25, 0.3) is 0 Å². The Morgan fingerprint density at radius 2 is 1.94 bits per heavy atom. The second kappa shape index (κ2) is 5.19. The third-order valence-electron chi connectivity index (χ3n) is 3.82. The van der Waals surface area contributed by atoms with E-state index in [0.29, 0.717) is 11.4 Å². The van der Waals surface area contributed by atoms with Gasteiger partial charge >= 0.3 is 0 Å². The van der Waals surface area contributed by atoms with E-state index in [2.05, 4.69) is 5.10 Å². The summed E-state index contributed by atoms with van der Waals surface area (Å²) in [6, 6.07) is 0. The molecule has 0 amide bonds. The summed E-state index contributed by atoms with van der Waals surface area (Å²) in [6.45, 7) is 7.48. The predicted octanol–water partition coefficient (Wildman–Crippen LogP) is 2.35. The highest BCUT2D eigenvalue weighted by Gasteiger charge is 2.41. The molecule has 1 rings (SSSR count). The maximum absolute atomic E-state index is 10.6. The molecule has 0 aromatic carbocycles. The first-order valence-electron chi connectivity index (χ1n) is 6.14. The summed E-state index contributed by atoms with van der Waals surface area (Å²) in [7, 11) is 3.44. The normalized spacial score (nSPS) is 15.8. The maximum atomic E-state index is 10.6. The molecule has 0 aliphatic heterocycles. The molecule has 0 fully saturated rings. The number of halogens is 1. The van der Waals surface area contributed by atoms with E-state index in [4.69, 9.17) is 16.3 Å². The molecule has 0 aliphatic rings. The predicted molar refractivity (Wildman–Crippen MR) is 73.0 cm³/mol. The second-order valence-corrected chi connectivity index (χ2v) is 5.73. The van der Waals surface area contributed by atoms with Gasteiger partial charge in [0.2, 0.25) is 0 Å². The number of hydrogen-bond acceptors (Lipinski definition) is 3. The molecular formula is C13H23ClN2O2. The van der Waals surface area contributed by atoms with Gasteiger partial charge in [-0.05, 0) is 27.2 Å². The van der Waals surface area contributed by atoms with E-state index in [1.807, 2.05) is 27.8 Å². The number of aromatic nitrogens is 2. The van der Waals surface area contributed by atoms with Crippen molar-refractivity contribution >= 4 is 11.6 Å². The fourth-order valence-electron chi connectivity index (χ4n) is 1.77. The van der Waals surface area contributed by atoms with Crippen LogP contribution in [0.1, 0.15) is 39.1 Å². The summed E-state index contributed by atoms with van der Waals surface area (Å²) in [5, 5.41) is 15.6. The fourth-order valence-corrected chi connectivity index (χ4v) is 2.13. The molecule has 0 saturated carbocycles. The zero-order valence-corrected chi connectivity index (χ0v) is 12.8. The Morgan fingerprint density at radius 3 is 2.33 bits per heavy atom. The van der Waals surface area contributed by atoms with E-state index < -0.39 is 11.2 Å². The molecule has 1 atom stereocenters. The molecule has 18 heavy (non-hydrogen) atoms. The molecule has 0 radical (unpaired) electrons. The number of hydrogen-bond donors (Lipinski definition) is 1. The maximum Gasteiger partial charge on any atom is 0.0958 e. The Labute approximate surface area is 114 Å². The molecule has 0 bridgehead atoms. The molecule has 5 heteroatoms. The lowest BCUT2D eigenvalue weighted by Gasteiger charge is -2.38. The highest BCUT2D eigenvalue weighted by atomic mass is 35.5. The molecule has 4 nitrogen and oxygen atoms in total. The lowest BCUT2D eigenvalue weighted by molar-refractivity contribution is -0.140. The Bertz CT molecular complexity index is 425. The van der Waals surface area contributed by atoms with Gasteiger partial charge in [0.05, 0.1) is 27.6 Å². The van der Waals surface area contributed by atoms with Crippen molar-refractivity contribution in [3.8, 4) is 0 Å². The summed E-state index contributed by atoms with van der Waals surface area (Å²) in [6.07, 6.45) is 1.18. The minimum atomic E-state index is -1.02. The van der Waals surface area contributed by atoms with Crippen LogP contribution in [-0.4, -0.2) is 33.2 Å². The van der Waals surface area contributed by atoms with Crippen LogP contribution in [0.3, 0.4) is 0 Å². The van der Waals surface area contributed by atoms with Gasteiger partial charge in [-0.15, -0.1) is 0 Å². The molecule has 1 heterocycles. The summed E-state index contributed by atoms with van der Waals surface area (Å²) < 4.78 is 7.10. The van der Waals surface area contributed by atoms with Crippen LogP contribution >= 0.6 is 11.6 Å². The van der Waals surface area contributed by atoms with Crippen LogP contribution in [0.2, 0.25) is 5.02 Å². The zero-order chi connectivity index (χ0) is 14.1. The molecule has 104 valence electrons.